The van der Waals surface area contributed by atoms with Crippen LogP contribution in [0.1, 0.15) is 33.3 Å². The van der Waals surface area contributed by atoms with Gasteiger partial charge in [0.2, 0.25) is 11.8 Å². The Morgan fingerprint density at radius 2 is 1.60 bits per heavy atom. The van der Waals surface area contributed by atoms with Gasteiger partial charge < -0.3 is 15.0 Å². The lowest BCUT2D eigenvalue weighted by Gasteiger charge is -2.33. The van der Waals surface area contributed by atoms with Crippen LogP contribution in [-0.2, 0) is 26.2 Å². The van der Waals surface area contributed by atoms with Gasteiger partial charge in [0.1, 0.15) is 18.3 Å². The summed E-state index contributed by atoms with van der Waals surface area (Å²) in [6, 6.07) is 18.2. The van der Waals surface area contributed by atoms with E-state index in [1.807, 2.05) is 13.8 Å². The van der Waals surface area contributed by atoms with Gasteiger partial charge in [-0.3, -0.25) is 13.9 Å². The molecule has 2 amide bonds. The van der Waals surface area contributed by atoms with Crippen molar-refractivity contribution < 1.29 is 22.7 Å². The molecule has 0 spiro atoms. The minimum Gasteiger partial charge on any atom is -0.492 e. The first-order chi connectivity index (χ1) is 18.9. The van der Waals surface area contributed by atoms with Gasteiger partial charge in [0.15, 0.2) is 0 Å². The van der Waals surface area contributed by atoms with Crippen molar-refractivity contribution in [2.45, 2.75) is 51.2 Å². The Bertz CT molecular complexity index is 1430. The van der Waals surface area contributed by atoms with Gasteiger partial charge in [-0.15, -0.1) is 0 Å². The number of hydrogen-bond acceptors (Lipinski definition) is 5. The van der Waals surface area contributed by atoms with Gasteiger partial charge in [-0.1, -0.05) is 59.6 Å². The summed E-state index contributed by atoms with van der Waals surface area (Å²) in [6.07, 6.45) is 0. The Labute approximate surface area is 245 Å². The van der Waals surface area contributed by atoms with Crippen molar-refractivity contribution in [3.05, 3.63) is 88.4 Å². The van der Waals surface area contributed by atoms with Crippen LogP contribution in [-0.4, -0.2) is 50.4 Å². The molecule has 40 heavy (non-hydrogen) atoms. The predicted octanol–water partition coefficient (Wildman–Crippen LogP) is 5.53. The standard InChI is InChI=1S/C29H33Cl2N3O5S/c1-5-39-27-14-10-9-13-26(27)34(40(37,38)24-11-7-6-8-12-24)19-28(35)33(21(4)29(36)32-20(2)3)18-22-15-16-23(30)17-25(22)31/h6-17,20-21H,5,18-19H2,1-4H3,(H,32,36)/t21-/m1/s1. The zero-order valence-corrected chi connectivity index (χ0v) is 25.1. The van der Waals surface area contributed by atoms with Crippen LogP contribution in [0.2, 0.25) is 10.0 Å². The highest BCUT2D eigenvalue weighted by Gasteiger charge is 2.34. The van der Waals surface area contributed by atoms with Gasteiger partial charge in [-0.05, 0) is 69.7 Å². The van der Waals surface area contributed by atoms with Gasteiger partial charge in [-0.2, -0.15) is 0 Å². The Balaban J connectivity index is 2.09. The third-order valence-electron chi connectivity index (χ3n) is 6.00. The molecule has 0 heterocycles. The summed E-state index contributed by atoms with van der Waals surface area (Å²) >= 11 is 12.5. The van der Waals surface area contributed by atoms with Gasteiger partial charge in [0.25, 0.3) is 10.0 Å². The molecule has 0 bridgehead atoms. The summed E-state index contributed by atoms with van der Waals surface area (Å²) < 4.78 is 34.6. The minimum absolute atomic E-state index is 0.00648. The zero-order chi connectivity index (χ0) is 29.4. The molecule has 11 heteroatoms. The Hall–Kier alpha value is -3.27. The number of carbonyl (C=O) groups is 2. The molecule has 0 radical (unpaired) electrons. The number of sulfonamides is 1. The Kier molecular flexibility index (Phi) is 10.8. The summed E-state index contributed by atoms with van der Waals surface area (Å²) in [5, 5.41) is 3.55. The number of hydrogen-bond donors (Lipinski definition) is 1. The Morgan fingerprint density at radius 1 is 0.950 bits per heavy atom. The number of ether oxygens (including phenoxy) is 1. The summed E-state index contributed by atoms with van der Waals surface area (Å²) in [5.74, 6) is -0.695. The molecule has 214 valence electrons. The van der Waals surface area contributed by atoms with Crippen molar-refractivity contribution in [3.63, 3.8) is 0 Å². The van der Waals surface area contributed by atoms with E-state index in [2.05, 4.69) is 5.32 Å². The molecule has 1 atom stereocenters. The number of rotatable bonds is 12. The molecule has 8 nitrogen and oxygen atoms in total. The summed E-state index contributed by atoms with van der Waals surface area (Å²) in [7, 11) is -4.21. The molecule has 3 rings (SSSR count). The van der Waals surface area contributed by atoms with Crippen molar-refractivity contribution in [2.24, 2.45) is 0 Å². The summed E-state index contributed by atoms with van der Waals surface area (Å²) in [4.78, 5) is 28.4. The first kappa shape index (κ1) is 31.3. The van der Waals surface area contributed by atoms with E-state index in [9.17, 15) is 18.0 Å². The van der Waals surface area contributed by atoms with Crippen LogP contribution in [0, 0.1) is 0 Å². The third kappa shape index (κ3) is 7.68. The van der Waals surface area contributed by atoms with E-state index in [0.717, 1.165) is 4.31 Å². The molecule has 3 aromatic carbocycles. The first-order valence-corrected chi connectivity index (χ1v) is 15.0. The molecule has 0 fully saturated rings. The van der Waals surface area contributed by atoms with Crippen molar-refractivity contribution >= 4 is 50.7 Å². The van der Waals surface area contributed by atoms with E-state index >= 15 is 0 Å². The summed E-state index contributed by atoms with van der Waals surface area (Å²) in [5.41, 5.74) is 0.751. The lowest BCUT2D eigenvalue weighted by Crippen LogP contribution is -2.52. The fourth-order valence-electron chi connectivity index (χ4n) is 3.99. The van der Waals surface area contributed by atoms with Gasteiger partial charge in [0.05, 0.1) is 17.2 Å². The number of nitrogens with zero attached hydrogens (tertiary/aromatic N) is 2. The van der Waals surface area contributed by atoms with E-state index in [4.69, 9.17) is 27.9 Å². The maximum absolute atomic E-state index is 14.0. The minimum atomic E-state index is -4.21. The van der Waals surface area contributed by atoms with Crippen LogP contribution in [0.25, 0.3) is 0 Å². The molecule has 0 aliphatic rings. The molecule has 0 aliphatic carbocycles. The van der Waals surface area contributed by atoms with E-state index in [1.54, 1.807) is 74.5 Å². The van der Waals surface area contributed by atoms with Crippen molar-refractivity contribution in [1.82, 2.24) is 10.2 Å². The molecule has 0 aromatic heterocycles. The van der Waals surface area contributed by atoms with E-state index < -0.39 is 28.5 Å². The zero-order valence-electron chi connectivity index (χ0n) is 22.8. The number of para-hydroxylation sites is 2. The fourth-order valence-corrected chi connectivity index (χ4v) is 5.91. The number of nitrogens with one attached hydrogen (secondary N) is 1. The normalized spacial score (nSPS) is 12.1. The smallest absolute Gasteiger partial charge is 0.264 e. The maximum Gasteiger partial charge on any atom is 0.264 e. The molecule has 3 aromatic rings. The van der Waals surface area contributed by atoms with Gasteiger partial charge in [-0.25, -0.2) is 8.42 Å². The number of amides is 2. The topological polar surface area (TPSA) is 96.0 Å². The average molecular weight is 607 g/mol. The molecule has 0 aliphatic heterocycles. The average Bonchev–Trinajstić information content (AvgIpc) is 2.91. The van der Waals surface area contributed by atoms with Crippen LogP contribution in [0.3, 0.4) is 0 Å². The number of halogens is 2. The molecule has 0 saturated carbocycles. The molecule has 0 saturated heterocycles. The number of anilines is 1. The molecular weight excluding hydrogens is 573 g/mol. The largest absolute Gasteiger partial charge is 0.492 e. The SMILES string of the molecule is CCOc1ccccc1N(CC(=O)N(Cc1ccc(Cl)cc1Cl)[C@H](C)C(=O)NC(C)C)S(=O)(=O)c1ccccc1. The van der Waals surface area contributed by atoms with Crippen LogP contribution in [0.15, 0.2) is 77.7 Å². The lowest BCUT2D eigenvalue weighted by atomic mass is 10.1. The number of benzene rings is 3. The van der Waals surface area contributed by atoms with Gasteiger partial charge >= 0.3 is 0 Å². The monoisotopic (exact) mass is 605 g/mol. The second-order valence-electron chi connectivity index (χ2n) is 9.32. The quantitative estimate of drug-likeness (QED) is 0.293. The maximum atomic E-state index is 14.0. The highest BCUT2D eigenvalue weighted by atomic mass is 35.5. The second kappa shape index (κ2) is 13.9. The van der Waals surface area contributed by atoms with E-state index in [1.165, 1.54) is 17.0 Å². The molecule has 1 N–H and O–H groups in total. The summed E-state index contributed by atoms with van der Waals surface area (Å²) in [6.45, 7) is 6.64. The second-order valence-corrected chi connectivity index (χ2v) is 12.0. The highest BCUT2D eigenvalue weighted by Crippen LogP contribution is 2.33. The van der Waals surface area contributed by atoms with Crippen LogP contribution in [0.4, 0.5) is 5.69 Å². The van der Waals surface area contributed by atoms with Crippen LogP contribution in [0.5, 0.6) is 5.75 Å². The molecular formula is C29H33Cl2N3O5S. The lowest BCUT2D eigenvalue weighted by molar-refractivity contribution is -0.139. The Morgan fingerprint density at radius 3 is 2.23 bits per heavy atom. The van der Waals surface area contributed by atoms with Crippen LogP contribution >= 0.6 is 23.2 Å². The fraction of sp³-hybridized carbons (Fsp3) is 0.310. The van der Waals surface area contributed by atoms with Crippen LogP contribution < -0.4 is 14.4 Å². The molecule has 0 unspecified atom stereocenters. The first-order valence-electron chi connectivity index (χ1n) is 12.8. The van der Waals surface area contributed by atoms with E-state index in [-0.39, 0.29) is 35.7 Å². The van der Waals surface area contributed by atoms with Crippen molar-refractivity contribution in [1.29, 1.82) is 0 Å². The highest BCUT2D eigenvalue weighted by molar-refractivity contribution is 7.92. The number of carbonyl (C=O) groups excluding carboxylic acids is 2. The predicted molar refractivity (Wildman–Crippen MR) is 158 cm³/mol. The van der Waals surface area contributed by atoms with Crippen molar-refractivity contribution in [3.8, 4) is 5.75 Å². The van der Waals surface area contributed by atoms with Crippen molar-refractivity contribution in [2.75, 3.05) is 17.5 Å². The third-order valence-corrected chi connectivity index (χ3v) is 8.36. The van der Waals surface area contributed by atoms with Gasteiger partial charge in [0, 0.05) is 22.6 Å². The van der Waals surface area contributed by atoms with E-state index in [0.29, 0.717) is 21.4 Å².